The number of para-hydroxylation sites is 1. The Morgan fingerprint density at radius 2 is 1.88 bits per heavy atom. The van der Waals surface area contributed by atoms with E-state index in [2.05, 4.69) is 5.09 Å². The quantitative estimate of drug-likeness (QED) is 0.546. The van der Waals surface area contributed by atoms with E-state index in [1.807, 2.05) is 6.92 Å². The molecule has 0 bridgehead atoms. The Morgan fingerprint density at radius 3 is 2.38 bits per heavy atom. The summed E-state index contributed by atoms with van der Waals surface area (Å²) < 4.78 is 38.6. The smallest absolute Gasteiger partial charge is 0.351 e. The summed E-state index contributed by atoms with van der Waals surface area (Å²) in [5.74, 6) is -2.11. The van der Waals surface area contributed by atoms with Gasteiger partial charge in [0.25, 0.3) is 0 Å². The molecule has 0 fully saturated rings. The van der Waals surface area contributed by atoms with Crippen LogP contribution >= 0.6 is 7.52 Å². The molecule has 0 aliphatic heterocycles. The minimum absolute atomic E-state index is 0.257. The molecule has 0 saturated heterocycles. The predicted molar refractivity (Wildman–Crippen MR) is 92.9 cm³/mol. The SMILES string of the molecule is CCCOC(=O)C(C)NP(=O)(Oc1ccccc1)C(F)C(C)(C)C. The molecule has 7 heteroatoms. The molecule has 1 N–H and O–H groups in total. The molecule has 1 aromatic carbocycles. The molecule has 24 heavy (non-hydrogen) atoms. The lowest BCUT2D eigenvalue weighted by atomic mass is 9.99. The van der Waals surface area contributed by atoms with Gasteiger partial charge in [-0.15, -0.1) is 0 Å². The van der Waals surface area contributed by atoms with E-state index in [1.54, 1.807) is 51.1 Å². The molecule has 3 atom stereocenters. The third kappa shape index (κ3) is 5.91. The van der Waals surface area contributed by atoms with Crippen molar-refractivity contribution in [1.82, 2.24) is 5.09 Å². The summed E-state index contributed by atoms with van der Waals surface area (Å²) in [5.41, 5.74) is -0.926. The van der Waals surface area contributed by atoms with E-state index in [0.717, 1.165) is 0 Å². The van der Waals surface area contributed by atoms with Crippen LogP contribution in [0.15, 0.2) is 30.3 Å². The number of ether oxygens (including phenoxy) is 1. The summed E-state index contributed by atoms with van der Waals surface area (Å²) in [6.45, 7) is 8.48. The Bertz CT molecular complexity index is 574. The van der Waals surface area contributed by atoms with Crippen LogP contribution in [-0.4, -0.2) is 24.5 Å². The first-order valence-corrected chi connectivity index (χ1v) is 9.72. The van der Waals surface area contributed by atoms with Gasteiger partial charge in [-0.25, -0.2) is 9.48 Å². The van der Waals surface area contributed by atoms with Crippen molar-refractivity contribution in [1.29, 1.82) is 0 Å². The van der Waals surface area contributed by atoms with Crippen molar-refractivity contribution in [2.75, 3.05) is 6.61 Å². The highest BCUT2D eigenvalue weighted by Crippen LogP contribution is 2.55. The Labute approximate surface area is 143 Å². The van der Waals surface area contributed by atoms with Gasteiger partial charge in [-0.2, -0.15) is 0 Å². The molecule has 0 saturated carbocycles. The first kappa shape index (κ1) is 20.7. The van der Waals surface area contributed by atoms with Crippen molar-refractivity contribution in [2.24, 2.45) is 5.41 Å². The van der Waals surface area contributed by atoms with E-state index in [1.165, 1.54) is 6.92 Å². The molecule has 3 unspecified atom stereocenters. The van der Waals surface area contributed by atoms with E-state index in [-0.39, 0.29) is 12.4 Å². The monoisotopic (exact) mass is 359 g/mol. The highest BCUT2D eigenvalue weighted by molar-refractivity contribution is 7.58. The molecule has 1 rings (SSSR count). The Balaban J connectivity index is 3.01. The van der Waals surface area contributed by atoms with Gasteiger partial charge in [-0.05, 0) is 25.5 Å². The highest BCUT2D eigenvalue weighted by Gasteiger charge is 2.46. The van der Waals surface area contributed by atoms with Gasteiger partial charge >= 0.3 is 13.5 Å². The van der Waals surface area contributed by atoms with Gasteiger partial charge in [0.2, 0.25) is 5.91 Å². The maximum atomic E-state index is 14.9. The number of hydrogen-bond acceptors (Lipinski definition) is 4. The Hall–Kier alpha value is -1.39. The summed E-state index contributed by atoms with van der Waals surface area (Å²) in [4.78, 5) is 11.9. The third-order valence-corrected chi connectivity index (χ3v) is 5.77. The molecule has 0 radical (unpaired) electrons. The third-order valence-electron chi connectivity index (χ3n) is 3.17. The number of halogens is 1. The fourth-order valence-corrected chi connectivity index (χ4v) is 4.31. The number of carbonyl (C=O) groups excluding carboxylic acids is 1. The van der Waals surface area contributed by atoms with Crippen LogP contribution in [0.25, 0.3) is 0 Å². The standard InChI is InChI=1S/C17H27FNO4P/c1-6-12-22-15(20)13(2)19-24(21,16(18)17(3,4)5)23-14-10-8-7-9-11-14/h7-11,13,16H,6,12H2,1-5H3,(H,19,21). The average Bonchev–Trinajstić information content (AvgIpc) is 2.51. The predicted octanol–water partition coefficient (Wildman–Crippen LogP) is 4.53. The van der Waals surface area contributed by atoms with Crippen molar-refractivity contribution in [3.05, 3.63) is 30.3 Å². The van der Waals surface area contributed by atoms with Gasteiger partial charge in [0, 0.05) is 5.41 Å². The maximum Gasteiger partial charge on any atom is 0.351 e. The van der Waals surface area contributed by atoms with Gasteiger partial charge in [0.1, 0.15) is 11.8 Å². The van der Waals surface area contributed by atoms with Crippen LogP contribution in [-0.2, 0) is 14.1 Å². The fraction of sp³-hybridized carbons (Fsp3) is 0.588. The molecule has 0 spiro atoms. The lowest BCUT2D eigenvalue weighted by molar-refractivity contribution is -0.145. The first-order chi connectivity index (χ1) is 11.1. The molecule has 5 nitrogen and oxygen atoms in total. The van der Waals surface area contributed by atoms with Crippen LogP contribution in [0.3, 0.4) is 0 Å². The lowest BCUT2D eigenvalue weighted by Crippen LogP contribution is -2.39. The van der Waals surface area contributed by atoms with Crippen molar-refractivity contribution >= 4 is 13.5 Å². The van der Waals surface area contributed by atoms with Gasteiger partial charge in [0.15, 0.2) is 0 Å². The normalized spacial score (nSPS) is 16.8. The van der Waals surface area contributed by atoms with Crippen LogP contribution in [0.5, 0.6) is 5.75 Å². The second-order valence-electron chi connectivity index (χ2n) is 6.72. The van der Waals surface area contributed by atoms with Crippen molar-refractivity contribution in [3.63, 3.8) is 0 Å². The number of alkyl halides is 1. The molecule has 0 aliphatic carbocycles. The van der Waals surface area contributed by atoms with Crippen molar-refractivity contribution < 1.29 is 23.0 Å². The zero-order chi connectivity index (χ0) is 18.4. The van der Waals surface area contributed by atoms with Gasteiger partial charge in [0.05, 0.1) is 6.61 Å². The summed E-state index contributed by atoms with van der Waals surface area (Å²) in [7, 11) is -4.01. The second kappa shape index (κ2) is 8.63. The van der Waals surface area contributed by atoms with Crippen LogP contribution in [0, 0.1) is 5.41 Å². The number of carbonyl (C=O) groups is 1. The summed E-state index contributed by atoms with van der Waals surface area (Å²) in [6, 6.07) is 7.39. The highest BCUT2D eigenvalue weighted by atomic mass is 31.2. The number of benzene rings is 1. The number of nitrogens with one attached hydrogen (secondary N) is 1. The number of esters is 1. The van der Waals surface area contributed by atoms with E-state index in [9.17, 15) is 13.8 Å². The zero-order valence-electron chi connectivity index (χ0n) is 14.9. The number of hydrogen-bond donors (Lipinski definition) is 1. The largest absolute Gasteiger partial charge is 0.465 e. The Morgan fingerprint density at radius 1 is 1.29 bits per heavy atom. The van der Waals surface area contributed by atoms with Crippen LogP contribution < -0.4 is 9.61 Å². The first-order valence-electron chi connectivity index (χ1n) is 8.03. The van der Waals surface area contributed by atoms with Crippen LogP contribution in [0.4, 0.5) is 4.39 Å². The molecule has 1 aromatic rings. The van der Waals surface area contributed by atoms with E-state index < -0.39 is 30.9 Å². The molecule has 0 amide bonds. The average molecular weight is 359 g/mol. The molecular formula is C17H27FNO4P. The molecule has 0 heterocycles. The topological polar surface area (TPSA) is 64.6 Å². The van der Waals surface area contributed by atoms with Crippen molar-refractivity contribution in [3.8, 4) is 5.75 Å². The molecule has 136 valence electrons. The summed E-state index contributed by atoms with van der Waals surface area (Å²) >= 11 is 0. The summed E-state index contributed by atoms with van der Waals surface area (Å²) in [6.07, 6.45) is 0.671. The molecule has 0 aliphatic rings. The van der Waals surface area contributed by atoms with Gasteiger partial charge in [-0.3, -0.25) is 9.36 Å². The molecule has 0 aromatic heterocycles. The minimum atomic E-state index is -4.01. The van der Waals surface area contributed by atoms with E-state index in [0.29, 0.717) is 6.42 Å². The van der Waals surface area contributed by atoms with E-state index in [4.69, 9.17) is 9.26 Å². The van der Waals surface area contributed by atoms with Crippen molar-refractivity contribution in [2.45, 2.75) is 53.0 Å². The van der Waals surface area contributed by atoms with Crippen LogP contribution in [0.2, 0.25) is 0 Å². The van der Waals surface area contributed by atoms with Gasteiger partial charge < -0.3 is 9.26 Å². The minimum Gasteiger partial charge on any atom is -0.465 e. The van der Waals surface area contributed by atoms with E-state index >= 15 is 0 Å². The fourth-order valence-electron chi connectivity index (χ4n) is 1.94. The number of rotatable bonds is 8. The lowest BCUT2D eigenvalue weighted by Gasteiger charge is -2.32. The van der Waals surface area contributed by atoms with Gasteiger partial charge in [-0.1, -0.05) is 45.9 Å². The summed E-state index contributed by atoms with van der Waals surface area (Å²) in [5, 5.41) is 2.54. The molecular weight excluding hydrogens is 332 g/mol. The second-order valence-corrected chi connectivity index (χ2v) is 8.81. The maximum absolute atomic E-state index is 14.9. The Kier molecular flexibility index (Phi) is 7.43. The zero-order valence-corrected chi connectivity index (χ0v) is 15.8. The van der Waals surface area contributed by atoms with Crippen LogP contribution in [0.1, 0.15) is 41.0 Å².